The Hall–Kier alpha value is -3.14. The van der Waals surface area contributed by atoms with Crippen LogP contribution in [0.15, 0.2) is 18.2 Å². The topological polar surface area (TPSA) is 124 Å². The summed E-state index contributed by atoms with van der Waals surface area (Å²) in [6, 6.07) is 5.94. The summed E-state index contributed by atoms with van der Waals surface area (Å²) >= 11 is 0. The molecule has 3 aliphatic rings. The van der Waals surface area contributed by atoms with Gasteiger partial charge in [0.1, 0.15) is 17.6 Å². The number of amides is 2. The Labute approximate surface area is 199 Å². The Balaban J connectivity index is 1.41. The molecule has 2 atom stereocenters. The van der Waals surface area contributed by atoms with E-state index in [1.54, 1.807) is 0 Å². The van der Waals surface area contributed by atoms with E-state index in [2.05, 4.69) is 38.1 Å². The molecule has 182 valence electrons. The fourth-order valence-corrected chi connectivity index (χ4v) is 5.20. The van der Waals surface area contributed by atoms with Gasteiger partial charge in [0, 0.05) is 30.8 Å². The third kappa shape index (κ3) is 5.16. The highest BCUT2D eigenvalue weighted by molar-refractivity contribution is 5.94. The average molecular weight is 468 g/mol. The summed E-state index contributed by atoms with van der Waals surface area (Å²) in [6.07, 6.45) is 4.67. The Morgan fingerprint density at radius 2 is 1.82 bits per heavy atom. The van der Waals surface area contributed by atoms with Crippen LogP contribution in [0, 0.1) is 0 Å². The van der Waals surface area contributed by atoms with Crippen LogP contribution in [0.3, 0.4) is 0 Å². The van der Waals surface area contributed by atoms with Crippen molar-refractivity contribution in [2.24, 2.45) is 0 Å². The monoisotopic (exact) mass is 467 g/mol. The number of nitrogens with zero attached hydrogens (tertiary/aromatic N) is 3. The SMILES string of the molecule is CN1CCC(c2ccc3nc2C(=O)NCCCNC(=O)O[C@@H]2CC[C@@H](C2)c2cc(n[nH]2)N3)CC1. The maximum absolute atomic E-state index is 13.1. The normalized spacial score (nSPS) is 24.9. The van der Waals surface area contributed by atoms with Crippen molar-refractivity contribution in [3.8, 4) is 0 Å². The third-order valence-corrected chi connectivity index (χ3v) is 7.16. The molecule has 2 amide bonds. The van der Waals surface area contributed by atoms with Crippen LogP contribution in [-0.4, -0.2) is 71.4 Å². The van der Waals surface area contributed by atoms with Gasteiger partial charge in [-0.05, 0) is 76.2 Å². The second-order valence-corrected chi connectivity index (χ2v) is 9.62. The largest absolute Gasteiger partial charge is 0.446 e. The van der Waals surface area contributed by atoms with Gasteiger partial charge >= 0.3 is 6.09 Å². The van der Waals surface area contributed by atoms with Gasteiger partial charge < -0.3 is 25.6 Å². The van der Waals surface area contributed by atoms with Gasteiger partial charge in [0.25, 0.3) is 5.91 Å². The Morgan fingerprint density at radius 1 is 1.00 bits per heavy atom. The van der Waals surface area contributed by atoms with Gasteiger partial charge in [0.05, 0.1) is 0 Å². The smallest absolute Gasteiger partial charge is 0.407 e. The number of piperidine rings is 1. The molecule has 4 heterocycles. The molecule has 6 bridgehead atoms. The lowest BCUT2D eigenvalue weighted by Crippen LogP contribution is -2.33. The van der Waals surface area contributed by atoms with Crippen LogP contribution >= 0.6 is 0 Å². The fraction of sp³-hybridized carbons (Fsp3) is 0.583. The fourth-order valence-electron chi connectivity index (χ4n) is 5.20. The minimum atomic E-state index is -0.399. The number of likely N-dealkylation sites (tertiary alicyclic amines) is 1. The molecule has 10 nitrogen and oxygen atoms in total. The van der Waals surface area contributed by atoms with Gasteiger partial charge in [0.15, 0.2) is 5.82 Å². The summed E-state index contributed by atoms with van der Waals surface area (Å²) in [7, 11) is 2.13. The van der Waals surface area contributed by atoms with E-state index in [-0.39, 0.29) is 17.9 Å². The van der Waals surface area contributed by atoms with Crippen LogP contribution in [0.5, 0.6) is 0 Å². The molecule has 1 aliphatic carbocycles. The quantitative estimate of drug-likeness (QED) is 0.508. The van der Waals surface area contributed by atoms with Crippen molar-refractivity contribution >= 4 is 23.6 Å². The first-order valence-electron chi connectivity index (χ1n) is 12.3. The number of H-pyrrole nitrogens is 1. The molecule has 2 aromatic heterocycles. The summed E-state index contributed by atoms with van der Waals surface area (Å²) in [6.45, 7) is 2.90. The predicted octanol–water partition coefficient (Wildman–Crippen LogP) is 2.85. The molecule has 1 saturated carbocycles. The number of aromatic nitrogens is 3. The summed E-state index contributed by atoms with van der Waals surface area (Å²) in [4.78, 5) is 32.3. The zero-order chi connectivity index (χ0) is 23.5. The van der Waals surface area contributed by atoms with Gasteiger partial charge in [-0.25, -0.2) is 9.78 Å². The molecule has 2 aliphatic heterocycles. The number of ether oxygens (including phenoxy) is 1. The highest BCUT2D eigenvalue weighted by Gasteiger charge is 2.30. The lowest BCUT2D eigenvalue weighted by Gasteiger charge is -2.30. The molecule has 4 N–H and O–H groups in total. The second kappa shape index (κ2) is 10.0. The minimum absolute atomic E-state index is 0.0976. The maximum atomic E-state index is 13.1. The summed E-state index contributed by atoms with van der Waals surface area (Å²) in [5, 5.41) is 16.5. The third-order valence-electron chi connectivity index (χ3n) is 7.16. The van der Waals surface area contributed by atoms with Gasteiger partial charge in [0.2, 0.25) is 0 Å². The molecule has 5 rings (SSSR count). The van der Waals surface area contributed by atoms with Crippen molar-refractivity contribution in [1.29, 1.82) is 0 Å². The molecule has 0 radical (unpaired) electrons. The van der Waals surface area contributed by atoms with Gasteiger partial charge in [-0.15, -0.1) is 0 Å². The number of pyridine rings is 1. The summed E-state index contributed by atoms with van der Waals surface area (Å²) < 4.78 is 5.58. The Morgan fingerprint density at radius 3 is 2.68 bits per heavy atom. The number of hydrogen-bond acceptors (Lipinski definition) is 7. The van der Waals surface area contributed by atoms with Gasteiger partial charge in [-0.2, -0.15) is 5.10 Å². The van der Waals surface area contributed by atoms with Crippen molar-refractivity contribution in [2.75, 3.05) is 38.5 Å². The average Bonchev–Trinajstić information content (AvgIpc) is 3.48. The number of aromatic amines is 1. The van der Waals surface area contributed by atoms with Crippen LogP contribution in [0.1, 0.15) is 72.1 Å². The predicted molar refractivity (Wildman–Crippen MR) is 127 cm³/mol. The summed E-state index contributed by atoms with van der Waals surface area (Å²) in [5.74, 6) is 1.63. The number of nitrogens with one attached hydrogen (secondary N) is 4. The molecule has 10 heteroatoms. The van der Waals surface area contributed by atoms with E-state index < -0.39 is 6.09 Å². The molecule has 0 spiro atoms. The number of carbonyl (C=O) groups excluding carboxylic acids is 2. The zero-order valence-electron chi connectivity index (χ0n) is 19.6. The second-order valence-electron chi connectivity index (χ2n) is 9.62. The number of alkyl carbamates (subject to hydrolysis) is 1. The number of rotatable bonds is 1. The minimum Gasteiger partial charge on any atom is -0.446 e. The number of carbonyl (C=O) groups is 2. The van der Waals surface area contributed by atoms with Crippen molar-refractivity contribution in [3.05, 3.63) is 35.2 Å². The van der Waals surface area contributed by atoms with Crippen LogP contribution < -0.4 is 16.0 Å². The Bertz CT molecular complexity index is 1030. The maximum Gasteiger partial charge on any atom is 0.407 e. The van der Waals surface area contributed by atoms with Crippen molar-refractivity contribution < 1.29 is 14.3 Å². The van der Waals surface area contributed by atoms with E-state index in [1.807, 2.05) is 18.2 Å². The van der Waals surface area contributed by atoms with Crippen LogP contribution in [0.4, 0.5) is 16.4 Å². The standard InChI is InChI=1S/C24H33N7O3/c1-31-11-7-15(8-12-31)18-5-6-20-27-21-14-19(29-30-21)16-3-4-17(13-16)34-24(33)26-10-2-9-25-23(32)22(18)28-20/h5-6,14-17H,2-4,7-13H2,1H3,(H,25,32)(H,26,33)(H2,27,28,29,30)/t16-,17+/m0/s1. The highest BCUT2D eigenvalue weighted by atomic mass is 16.6. The van der Waals surface area contributed by atoms with E-state index in [1.165, 1.54) is 0 Å². The molecule has 34 heavy (non-hydrogen) atoms. The van der Waals surface area contributed by atoms with E-state index in [9.17, 15) is 9.59 Å². The van der Waals surface area contributed by atoms with Crippen molar-refractivity contribution in [1.82, 2.24) is 30.7 Å². The molecule has 0 aromatic carbocycles. The Kier molecular flexibility index (Phi) is 6.66. The van der Waals surface area contributed by atoms with Crippen molar-refractivity contribution in [3.63, 3.8) is 0 Å². The van der Waals surface area contributed by atoms with E-state index in [4.69, 9.17) is 9.72 Å². The molecular formula is C24H33N7O3. The van der Waals surface area contributed by atoms with Crippen molar-refractivity contribution in [2.45, 2.75) is 56.5 Å². The lowest BCUT2D eigenvalue weighted by molar-refractivity contribution is 0.0945. The van der Waals surface area contributed by atoms with E-state index >= 15 is 0 Å². The first-order chi connectivity index (χ1) is 16.5. The zero-order valence-corrected chi connectivity index (χ0v) is 19.6. The van der Waals surface area contributed by atoms with Gasteiger partial charge in [-0.1, -0.05) is 6.07 Å². The van der Waals surface area contributed by atoms with Crippen LogP contribution in [0.25, 0.3) is 0 Å². The molecular weight excluding hydrogens is 434 g/mol. The molecule has 2 fully saturated rings. The van der Waals surface area contributed by atoms with E-state index in [0.29, 0.717) is 42.8 Å². The molecule has 0 unspecified atom stereocenters. The van der Waals surface area contributed by atoms with Crippen LogP contribution in [0.2, 0.25) is 0 Å². The first-order valence-corrected chi connectivity index (χ1v) is 12.3. The number of anilines is 2. The number of hydrogen-bond donors (Lipinski definition) is 4. The van der Waals surface area contributed by atoms with Crippen LogP contribution in [-0.2, 0) is 4.74 Å². The lowest BCUT2D eigenvalue weighted by atomic mass is 9.88. The molecule has 2 aromatic rings. The molecule has 1 saturated heterocycles. The number of fused-ring (bicyclic) bond motifs is 7. The van der Waals surface area contributed by atoms with Gasteiger partial charge in [-0.3, -0.25) is 9.89 Å². The summed E-state index contributed by atoms with van der Waals surface area (Å²) in [5.41, 5.74) is 2.46. The van der Waals surface area contributed by atoms with E-state index in [0.717, 1.165) is 56.5 Å². The first kappa shape index (κ1) is 22.6. The highest BCUT2D eigenvalue weighted by Crippen LogP contribution is 2.36.